The Morgan fingerprint density at radius 1 is 1.61 bits per heavy atom. The van der Waals surface area contributed by atoms with Crippen LogP contribution in [0.25, 0.3) is 0 Å². The maximum absolute atomic E-state index is 12.3. The van der Waals surface area contributed by atoms with E-state index >= 15 is 0 Å². The number of nitrogens with one attached hydrogen (secondary N) is 1. The van der Waals surface area contributed by atoms with Gasteiger partial charge in [0.05, 0.1) is 13.9 Å². The van der Waals surface area contributed by atoms with Gasteiger partial charge in [-0.3, -0.25) is 14.5 Å². The number of aromatic nitrogens is 2. The van der Waals surface area contributed by atoms with Crippen molar-refractivity contribution in [3.63, 3.8) is 0 Å². The molecule has 0 atom stereocenters. The summed E-state index contributed by atoms with van der Waals surface area (Å²) < 4.78 is 7.37. The molecule has 6 nitrogen and oxygen atoms in total. The molecule has 1 N–H and O–H groups in total. The number of anilines is 1. The van der Waals surface area contributed by atoms with Gasteiger partial charge in [0.2, 0.25) is 5.91 Å². The molecule has 6 heteroatoms. The summed E-state index contributed by atoms with van der Waals surface area (Å²) in [7, 11) is 0. The highest BCUT2D eigenvalue weighted by atomic mass is 16.2. The molecule has 1 fully saturated rings. The average molecular weight is 249 g/mol. The average Bonchev–Trinajstić information content (AvgIpc) is 2.93. The number of nitrogens with zero attached hydrogens (tertiary/aromatic N) is 3. The van der Waals surface area contributed by atoms with Crippen LogP contribution >= 0.6 is 0 Å². The van der Waals surface area contributed by atoms with Gasteiger partial charge in [0, 0.05) is 6.54 Å². The van der Waals surface area contributed by atoms with Gasteiger partial charge >= 0.3 is 0 Å². The summed E-state index contributed by atoms with van der Waals surface area (Å²) in [5, 5.41) is 0. The van der Waals surface area contributed by atoms with Crippen LogP contribution in [0, 0.1) is 0 Å². The fraction of sp³-hybridized carbons (Fsp3) is 0.417. The van der Waals surface area contributed by atoms with Crippen LogP contribution < -0.4 is 4.90 Å². The fourth-order valence-electron chi connectivity index (χ4n) is 1.83. The monoisotopic (exact) mass is 249 g/mol. The quantitative estimate of drug-likeness (QED) is 0.806. The normalized spacial score (nSPS) is 19.6. The molecular weight excluding hydrogens is 232 g/mol. The van der Waals surface area contributed by atoms with E-state index < -0.39 is 0 Å². The zero-order valence-corrected chi connectivity index (χ0v) is 10.2. The highest BCUT2D eigenvalue weighted by Crippen LogP contribution is 2.20. The predicted octanol–water partition coefficient (Wildman–Crippen LogP) is 0.899. The van der Waals surface area contributed by atoms with Crippen LogP contribution in [-0.2, 0) is 9.59 Å². The summed E-state index contributed by atoms with van der Waals surface area (Å²) in [6.07, 6.45) is 4.66. The Morgan fingerprint density at radius 3 is 3.06 bits per heavy atom. The van der Waals surface area contributed by atoms with E-state index in [0.717, 1.165) is 19.4 Å². The minimum Gasteiger partial charge on any atom is -0.331 e. The smallest absolute Gasteiger partial charge is 0.276 e. The van der Waals surface area contributed by atoms with Crippen LogP contribution in [0.4, 0.5) is 5.82 Å². The maximum atomic E-state index is 12.3. The molecule has 0 aliphatic carbocycles. The Hall–Kier alpha value is -2.11. The van der Waals surface area contributed by atoms with Gasteiger partial charge < -0.3 is 9.88 Å². The van der Waals surface area contributed by atoms with Gasteiger partial charge in [0.25, 0.3) is 5.91 Å². The van der Waals surface area contributed by atoms with E-state index in [1.807, 2.05) is 6.92 Å². The van der Waals surface area contributed by atoms with E-state index in [4.69, 9.17) is 1.37 Å². The molecule has 1 aromatic rings. The molecule has 0 unspecified atom stereocenters. The first-order valence-electron chi connectivity index (χ1n) is 6.46. The van der Waals surface area contributed by atoms with Crippen molar-refractivity contribution < 1.29 is 11.0 Å². The van der Waals surface area contributed by atoms with Gasteiger partial charge in [0.15, 0.2) is 0 Å². The van der Waals surface area contributed by atoms with Crippen LogP contribution in [0.1, 0.15) is 21.1 Å². The number of rotatable bonds is 4. The summed E-state index contributed by atoms with van der Waals surface area (Å²) in [6, 6.07) is 0. The highest BCUT2D eigenvalue weighted by Gasteiger charge is 2.34. The van der Waals surface area contributed by atoms with Gasteiger partial charge in [-0.1, -0.05) is 19.9 Å². The zero-order valence-electron chi connectivity index (χ0n) is 11.2. The van der Waals surface area contributed by atoms with Gasteiger partial charge in [-0.15, -0.1) is 0 Å². The number of amides is 2. The molecule has 1 saturated heterocycles. The summed E-state index contributed by atoms with van der Waals surface area (Å²) in [5.41, 5.74) is 0.110. The number of unbranched alkanes of at least 4 members (excludes halogenated alkanes) is 1. The Balaban J connectivity index is 2.24. The third-order valence-corrected chi connectivity index (χ3v) is 2.86. The number of carbonyl (C=O) groups excluding carboxylic acids is 2. The molecule has 2 rings (SSSR count). The van der Waals surface area contributed by atoms with Crippen molar-refractivity contribution >= 4 is 17.6 Å². The fourth-order valence-corrected chi connectivity index (χ4v) is 1.83. The van der Waals surface area contributed by atoms with Gasteiger partial charge in [0.1, 0.15) is 18.1 Å². The third-order valence-electron chi connectivity index (χ3n) is 2.86. The molecule has 1 aliphatic heterocycles. The molecule has 0 saturated carbocycles. The standard InChI is InChI=1S/C12H16N4O2/c1-3-4-5-15-9(2)12(18)16(7-11(15)17)10-6-13-8-14-10/h6,8H,2-5,7H2,1H3,(H,13,14)/i2D. The van der Waals surface area contributed by atoms with E-state index in [0.29, 0.717) is 12.4 Å². The number of aromatic amines is 1. The molecular formula is C12H16N4O2. The second-order valence-corrected chi connectivity index (χ2v) is 4.11. The van der Waals surface area contributed by atoms with E-state index in [1.165, 1.54) is 22.3 Å². The van der Waals surface area contributed by atoms with E-state index in [1.54, 1.807) is 0 Å². The lowest BCUT2D eigenvalue weighted by atomic mass is 10.2. The Bertz CT molecular complexity index is 498. The summed E-state index contributed by atoms with van der Waals surface area (Å²) in [6.45, 7) is 3.40. The molecule has 0 spiro atoms. The first-order chi connectivity index (χ1) is 9.19. The van der Waals surface area contributed by atoms with Crippen LogP contribution in [0.15, 0.2) is 24.8 Å². The van der Waals surface area contributed by atoms with Crippen molar-refractivity contribution in [2.45, 2.75) is 19.8 Å². The van der Waals surface area contributed by atoms with E-state index in [-0.39, 0.29) is 24.1 Å². The molecule has 2 heterocycles. The molecule has 1 aromatic heterocycles. The Labute approximate surface area is 107 Å². The molecule has 2 amide bonds. The molecule has 0 bridgehead atoms. The van der Waals surface area contributed by atoms with Crippen molar-refractivity contribution in [3.05, 3.63) is 24.8 Å². The number of imidazole rings is 1. The minimum absolute atomic E-state index is 0.0257. The second kappa shape index (κ2) is 5.03. The lowest BCUT2D eigenvalue weighted by Gasteiger charge is -2.34. The second-order valence-electron chi connectivity index (χ2n) is 4.11. The number of H-pyrrole nitrogens is 1. The number of piperazine rings is 1. The SMILES string of the molecule is [2H]C=C1C(=O)N(c2cnc[nH]2)CC(=O)N1CCCC. The lowest BCUT2D eigenvalue weighted by Crippen LogP contribution is -2.52. The minimum atomic E-state index is -0.352. The number of carbonyl (C=O) groups is 2. The Morgan fingerprint density at radius 2 is 2.44 bits per heavy atom. The lowest BCUT2D eigenvalue weighted by molar-refractivity contribution is -0.134. The predicted molar refractivity (Wildman–Crippen MR) is 66.7 cm³/mol. The molecule has 0 aromatic carbocycles. The van der Waals surface area contributed by atoms with Gasteiger partial charge in [-0.2, -0.15) is 0 Å². The molecule has 0 radical (unpaired) electrons. The third kappa shape index (κ3) is 2.13. The van der Waals surface area contributed by atoms with Crippen LogP contribution in [0.5, 0.6) is 0 Å². The first-order valence-corrected chi connectivity index (χ1v) is 5.88. The van der Waals surface area contributed by atoms with Crippen LogP contribution in [0.3, 0.4) is 0 Å². The van der Waals surface area contributed by atoms with Crippen molar-refractivity contribution in [1.82, 2.24) is 14.9 Å². The maximum Gasteiger partial charge on any atom is 0.276 e. The topological polar surface area (TPSA) is 69.3 Å². The summed E-state index contributed by atoms with van der Waals surface area (Å²) in [5.74, 6) is -0.0658. The number of hydrogen-bond donors (Lipinski definition) is 1. The number of hydrogen-bond acceptors (Lipinski definition) is 3. The first kappa shape index (κ1) is 11.0. The van der Waals surface area contributed by atoms with Crippen LogP contribution in [-0.4, -0.2) is 39.8 Å². The van der Waals surface area contributed by atoms with Gasteiger partial charge in [-0.25, -0.2) is 4.98 Å². The molecule has 18 heavy (non-hydrogen) atoms. The van der Waals surface area contributed by atoms with Gasteiger partial charge in [-0.05, 0) is 6.42 Å². The molecule has 1 aliphatic rings. The van der Waals surface area contributed by atoms with Crippen molar-refractivity contribution in [2.75, 3.05) is 18.0 Å². The summed E-state index contributed by atoms with van der Waals surface area (Å²) >= 11 is 0. The van der Waals surface area contributed by atoms with Crippen molar-refractivity contribution in [3.8, 4) is 0 Å². The highest BCUT2D eigenvalue weighted by molar-refractivity contribution is 6.12. The van der Waals surface area contributed by atoms with E-state index in [9.17, 15) is 9.59 Å². The molecule has 96 valence electrons. The Kier molecular flexibility index (Phi) is 3.08. The van der Waals surface area contributed by atoms with Crippen molar-refractivity contribution in [2.24, 2.45) is 0 Å². The van der Waals surface area contributed by atoms with Crippen molar-refractivity contribution in [1.29, 1.82) is 0 Å². The zero-order chi connectivity index (χ0) is 13.8. The van der Waals surface area contributed by atoms with E-state index in [2.05, 4.69) is 9.97 Å². The summed E-state index contributed by atoms with van der Waals surface area (Å²) in [4.78, 5) is 33.7. The van der Waals surface area contributed by atoms with Crippen LogP contribution in [0.2, 0.25) is 0 Å². The largest absolute Gasteiger partial charge is 0.331 e.